The molecule has 1 saturated heterocycles. The van der Waals surface area contributed by atoms with Crippen molar-refractivity contribution in [2.45, 2.75) is 18.9 Å². The van der Waals surface area contributed by atoms with Gasteiger partial charge in [0.15, 0.2) is 0 Å². The van der Waals surface area contributed by atoms with Crippen molar-refractivity contribution in [3.8, 4) is 5.75 Å². The second-order valence-electron chi connectivity index (χ2n) is 5.99. The second kappa shape index (κ2) is 4.79. The molecule has 106 valence electrons. The molecule has 2 aliphatic rings. The fourth-order valence-corrected chi connectivity index (χ4v) is 3.12. The summed E-state index contributed by atoms with van der Waals surface area (Å²) in [5, 5.41) is 4.60. The minimum Gasteiger partial charge on any atom is -0.488 e. The van der Waals surface area contributed by atoms with Crippen LogP contribution in [-0.2, 0) is 12.8 Å². The average molecular weight is 271 g/mol. The minimum atomic E-state index is 0.342. The summed E-state index contributed by atoms with van der Waals surface area (Å²) in [6.07, 6.45) is 2.59. The molecule has 0 radical (unpaired) electrons. The monoisotopic (exact) mass is 271 g/mol. The second-order valence-corrected chi connectivity index (χ2v) is 5.99. The topological polar surface area (TPSA) is 40.3 Å². The predicted octanol–water partition coefficient (Wildman–Crippen LogP) is 1.55. The lowest BCUT2D eigenvalue weighted by Crippen LogP contribution is -2.50. The van der Waals surface area contributed by atoms with Crippen LogP contribution in [0.3, 0.4) is 0 Å². The molecule has 0 spiro atoms. The van der Waals surface area contributed by atoms with Gasteiger partial charge in [0.1, 0.15) is 11.9 Å². The van der Waals surface area contributed by atoms with Crippen LogP contribution in [0.2, 0.25) is 0 Å². The van der Waals surface area contributed by atoms with Crippen molar-refractivity contribution in [1.29, 1.82) is 0 Å². The summed E-state index contributed by atoms with van der Waals surface area (Å²) in [6.45, 7) is 4.21. The molecule has 0 atom stereocenters. The van der Waals surface area contributed by atoms with E-state index in [9.17, 15) is 0 Å². The highest BCUT2D eigenvalue weighted by Crippen LogP contribution is 2.29. The number of hydrogen-bond acceptors (Lipinski definition) is 3. The molecule has 4 rings (SSSR count). The van der Waals surface area contributed by atoms with Crippen LogP contribution in [0.15, 0.2) is 18.2 Å². The van der Waals surface area contributed by atoms with E-state index in [1.54, 1.807) is 0 Å². The summed E-state index contributed by atoms with van der Waals surface area (Å²) in [5.74, 6) is 0.984. The first-order chi connectivity index (χ1) is 9.79. The molecule has 2 aliphatic heterocycles. The largest absolute Gasteiger partial charge is 0.488 e. The van der Waals surface area contributed by atoms with Crippen LogP contribution in [-0.4, -0.2) is 49.2 Å². The van der Waals surface area contributed by atoms with Gasteiger partial charge >= 0.3 is 0 Å². The van der Waals surface area contributed by atoms with E-state index >= 15 is 0 Å². The van der Waals surface area contributed by atoms with E-state index in [0.717, 1.165) is 44.8 Å². The molecule has 0 aliphatic carbocycles. The van der Waals surface area contributed by atoms with Gasteiger partial charge in [-0.3, -0.25) is 0 Å². The smallest absolute Gasteiger partial charge is 0.123 e. The molecule has 0 amide bonds. The molecule has 0 bridgehead atoms. The van der Waals surface area contributed by atoms with E-state index in [1.165, 1.54) is 22.2 Å². The number of H-pyrrole nitrogens is 1. The maximum absolute atomic E-state index is 5.94. The van der Waals surface area contributed by atoms with Gasteiger partial charge in [0.2, 0.25) is 0 Å². The molecular weight excluding hydrogens is 250 g/mol. The third-order valence-corrected chi connectivity index (χ3v) is 4.50. The normalized spacial score (nSPS) is 20.4. The lowest BCUT2D eigenvalue weighted by atomic mass is 10.1. The lowest BCUT2D eigenvalue weighted by molar-refractivity contribution is 0.142. The fraction of sp³-hybridized carbons (Fsp3) is 0.500. The summed E-state index contributed by atoms with van der Waals surface area (Å²) in [6, 6.07) is 6.49. The van der Waals surface area contributed by atoms with Crippen LogP contribution in [0.5, 0.6) is 5.75 Å². The third kappa shape index (κ3) is 2.09. The number of nitrogens with one attached hydrogen (secondary N) is 2. The van der Waals surface area contributed by atoms with Crippen molar-refractivity contribution in [2.75, 3.05) is 33.2 Å². The van der Waals surface area contributed by atoms with Gasteiger partial charge in [-0.05, 0) is 31.2 Å². The van der Waals surface area contributed by atoms with Crippen molar-refractivity contribution >= 4 is 10.9 Å². The lowest BCUT2D eigenvalue weighted by Gasteiger charge is -2.27. The van der Waals surface area contributed by atoms with E-state index in [1.807, 2.05) is 0 Å². The van der Waals surface area contributed by atoms with E-state index < -0.39 is 0 Å². The number of benzene rings is 1. The number of aromatic nitrogens is 1. The number of nitrogens with zero attached hydrogens (tertiary/aromatic N) is 1. The molecule has 1 fully saturated rings. The van der Waals surface area contributed by atoms with Crippen LogP contribution in [0.25, 0.3) is 10.9 Å². The number of aromatic amines is 1. The number of likely N-dealkylation sites (N-methyl/N-ethyl adjacent to an activating group) is 1. The zero-order valence-corrected chi connectivity index (χ0v) is 11.9. The molecule has 0 saturated carbocycles. The average Bonchev–Trinajstić information content (AvgIpc) is 2.65. The SMILES string of the molecule is CN1CCc2[nH]c3cc(OC4CNC4)ccc3c2CC1. The molecule has 0 unspecified atom stereocenters. The molecule has 2 aromatic rings. The highest BCUT2D eigenvalue weighted by Gasteiger charge is 2.20. The Morgan fingerprint density at radius 2 is 2.05 bits per heavy atom. The predicted molar refractivity (Wildman–Crippen MR) is 80.5 cm³/mol. The summed E-state index contributed by atoms with van der Waals surface area (Å²) in [7, 11) is 2.20. The Labute approximate surface area is 119 Å². The minimum absolute atomic E-state index is 0.342. The number of fused-ring (bicyclic) bond motifs is 3. The van der Waals surface area contributed by atoms with Gasteiger partial charge in [-0.1, -0.05) is 0 Å². The highest BCUT2D eigenvalue weighted by molar-refractivity contribution is 5.86. The Hall–Kier alpha value is -1.52. The summed E-state index contributed by atoms with van der Waals surface area (Å²) >= 11 is 0. The van der Waals surface area contributed by atoms with Crippen molar-refractivity contribution in [3.05, 3.63) is 29.5 Å². The molecule has 3 heterocycles. The van der Waals surface area contributed by atoms with Gasteiger partial charge in [-0.15, -0.1) is 0 Å². The van der Waals surface area contributed by atoms with Gasteiger partial charge < -0.3 is 19.9 Å². The number of hydrogen-bond donors (Lipinski definition) is 2. The molecule has 4 heteroatoms. The molecule has 20 heavy (non-hydrogen) atoms. The van der Waals surface area contributed by atoms with Crippen LogP contribution in [0, 0.1) is 0 Å². The van der Waals surface area contributed by atoms with E-state index in [4.69, 9.17) is 4.74 Å². The van der Waals surface area contributed by atoms with Gasteiger partial charge in [-0.2, -0.15) is 0 Å². The maximum Gasteiger partial charge on any atom is 0.123 e. The van der Waals surface area contributed by atoms with Crippen molar-refractivity contribution in [3.63, 3.8) is 0 Å². The first-order valence-corrected chi connectivity index (χ1v) is 7.49. The van der Waals surface area contributed by atoms with Crippen molar-refractivity contribution in [1.82, 2.24) is 15.2 Å². The van der Waals surface area contributed by atoms with Gasteiger partial charge in [-0.25, -0.2) is 0 Å². The van der Waals surface area contributed by atoms with Crippen molar-refractivity contribution < 1.29 is 4.74 Å². The Bertz CT molecular complexity index is 630. The Morgan fingerprint density at radius 3 is 2.85 bits per heavy atom. The zero-order chi connectivity index (χ0) is 13.5. The van der Waals surface area contributed by atoms with Crippen molar-refractivity contribution in [2.24, 2.45) is 0 Å². The first kappa shape index (κ1) is 12.2. The molecule has 1 aromatic heterocycles. The maximum atomic E-state index is 5.94. The van der Waals surface area contributed by atoms with Gasteiger partial charge in [0, 0.05) is 55.3 Å². The van der Waals surface area contributed by atoms with Gasteiger partial charge in [0.25, 0.3) is 0 Å². The molecular formula is C16H21N3O. The van der Waals surface area contributed by atoms with E-state index in [2.05, 4.69) is 40.4 Å². The van der Waals surface area contributed by atoms with Gasteiger partial charge in [0.05, 0.1) is 0 Å². The zero-order valence-electron chi connectivity index (χ0n) is 11.9. The highest BCUT2D eigenvalue weighted by atomic mass is 16.5. The van der Waals surface area contributed by atoms with E-state index in [-0.39, 0.29) is 0 Å². The molecule has 4 nitrogen and oxygen atoms in total. The van der Waals surface area contributed by atoms with Crippen LogP contribution >= 0.6 is 0 Å². The first-order valence-electron chi connectivity index (χ1n) is 7.49. The van der Waals surface area contributed by atoms with Crippen LogP contribution < -0.4 is 10.1 Å². The Balaban J connectivity index is 1.66. The number of rotatable bonds is 2. The fourth-order valence-electron chi connectivity index (χ4n) is 3.12. The van der Waals surface area contributed by atoms with Crippen LogP contribution in [0.1, 0.15) is 11.3 Å². The standard InChI is InChI=1S/C16H21N3O/c1-19-6-4-14-13-3-2-11(20-12-9-17-10-12)8-16(13)18-15(14)5-7-19/h2-3,8,12,17-18H,4-7,9-10H2,1H3. The number of ether oxygens (including phenoxy) is 1. The third-order valence-electron chi connectivity index (χ3n) is 4.50. The molecule has 2 N–H and O–H groups in total. The Kier molecular flexibility index (Phi) is 2.93. The summed E-state index contributed by atoms with van der Waals surface area (Å²) < 4.78 is 5.94. The summed E-state index contributed by atoms with van der Waals surface area (Å²) in [5.41, 5.74) is 4.14. The Morgan fingerprint density at radius 1 is 1.20 bits per heavy atom. The van der Waals surface area contributed by atoms with Crippen LogP contribution in [0.4, 0.5) is 0 Å². The summed E-state index contributed by atoms with van der Waals surface area (Å²) in [4.78, 5) is 6.01. The van der Waals surface area contributed by atoms with E-state index in [0.29, 0.717) is 6.10 Å². The molecule has 1 aromatic carbocycles. The quantitative estimate of drug-likeness (QED) is 0.870.